The van der Waals surface area contributed by atoms with E-state index in [0.717, 1.165) is 12.5 Å². The van der Waals surface area contributed by atoms with E-state index in [4.69, 9.17) is 0 Å². The lowest BCUT2D eigenvalue weighted by Gasteiger charge is -2.36. The molecule has 0 spiro atoms. The third-order valence-corrected chi connectivity index (χ3v) is 3.88. The second-order valence-corrected chi connectivity index (χ2v) is 6.37. The highest BCUT2D eigenvalue weighted by molar-refractivity contribution is 4.87. The van der Waals surface area contributed by atoms with E-state index in [9.17, 15) is 5.11 Å². The number of rotatable bonds is 5. The van der Waals surface area contributed by atoms with Crippen molar-refractivity contribution in [3.8, 4) is 0 Å². The molecule has 1 saturated carbocycles. The van der Waals surface area contributed by atoms with Crippen molar-refractivity contribution in [3.63, 3.8) is 0 Å². The summed E-state index contributed by atoms with van der Waals surface area (Å²) in [4.78, 5) is 0. The summed E-state index contributed by atoms with van der Waals surface area (Å²) in [6, 6.07) is 0. The first-order valence-corrected chi connectivity index (χ1v) is 6.23. The summed E-state index contributed by atoms with van der Waals surface area (Å²) < 4.78 is 0. The molecular weight excluding hydrogens is 186 g/mol. The predicted octanol–water partition coefficient (Wildman–Crippen LogP) is 2.56. The fourth-order valence-electron chi connectivity index (χ4n) is 2.37. The van der Waals surface area contributed by atoms with E-state index in [-0.39, 0.29) is 12.1 Å². The Morgan fingerprint density at radius 3 is 2.13 bits per heavy atom. The number of aliphatic hydroxyl groups excluding tert-OH is 1. The van der Waals surface area contributed by atoms with Gasteiger partial charge in [0.05, 0.1) is 6.61 Å². The van der Waals surface area contributed by atoms with Crippen molar-refractivity contribution in [2.45, 2.75) is 58.9 Å². The SMILES string of the molecule is CC(C)(CO)NCC(C)(C)C1CCCC1. The average molecular weight is 213 g/mol. The van der Waals surface area contributed by atoms with Gasteiger partial charge in [-0.25, -0.2) is 0 Å². The minimum absolute atomic E-state index is 0.143. The van der Waals surface area contributed by atoms with Crippen LogP contribution in [0.25, 0.3) is 0 Å². The lowest BCUT2D eigenvalue weighted by atomic mass is 9.77. The normalized spacial score (nSPS) is 19.8. The molecule has 1 aliphatic rings. The van der Waals surface area contributed by atoms with Crippen molar-refractivity contribution < 1.29 is 5.11 Å². The number of hydrogen-bond donors (Lipinski definition) is 2. The summed E-state index contributed by atoms with van der Waals surface area (Å²) in [5.41, 5.74) is 0.221. The maximum atomic E-state index is 9.19. The Morgan fingerprint density at radius 2 is 1.67 bits per heavy atom. The van der Waals surface area contributed by atoms with Crippen molar-refractivity contribution >= 4 is 0 Å². The standard InChI is InChI=1S/C13H27NO/c1-12(2,11-7-5-6-8-11)9-14-13(3,4)10-15/h11,14-15H,5-10H2,1-4H3. The van der Waals surface area contributed by atoms with Crippen molar-refractivity contribution in [1.29, 1.82) is 0 Å². The van der Waals surface area contributed by atoms with Crippen LogP contribution in [-0.2, 0) is 0 Å². The lowest BCUT2D eigenvalue weighted by Crippen LogP contribution is -2.48. The number of hydrogen-bond acceptors (Lipinski definition) is 2. The molecule has 1 aliphatic carbocycles. The summed E-state index contributed by atoms with van der Waals surface area (Å²) in [7, 11) is 0. The second kappa shape index (κ2) is 4.84. The predicted molar refractivity (Wildman–Crippen MR) is 64.9 cm³/mol. The topological polar surface area (TPSA) is 32.3 Å². The molecule has 1 fully saturated rings. The van der Waals surface area contributed by atoms with E-state index in [1.807, 2.05) is 0 Å². The van der Waals surface area contributed by atoms with Crippen LogP contribution < -0.4 is 5.32 Å². The third-order valence-electron chi connectivity index (χ3n) is 3.88. The van der Waals surface area contributed by atoms with Crippen LogP contribution in [0.5, 0.6) is 0 Å². The van der Waals surface area contributed by atoms with E-state index >= 15 is 0 Å². The minimum atomic E-state index is -0.143. The monoisotopic (exact) mass is 213 g/mol. The molecule has 2 N–H and O–H groups in total. The second-order valence-electron chi connectivity index (χ2n) is 6.37. The molecule has 0 radical (unpaired) electrons. The van der Waals surface area contributed by atoms with Gasteiger partial charge in [0, 0.05) is 12.1 Å². The molecule has 0 unspecified atom stereocenters. The van der Waals surface area contributed by atoms with Crippen molar-refractivity contribution in [3.05, 3.63) is 0 Å². The smallest absolute Gasteiger partial charge is 0.0607 e. The Hall–Kier alpha value is -0.0800. The molecule has 0 heterocycles. The molecule has 90 valence electrons. The summed E-state index contributed by atoms with van der Waals surface area (Å²) >= 11 is 0. The van der Waals surface area contributed by atoms with Gasteiger partial charge in [0.2, 0.25) is 0 Å². The molecule has 0 aromatic carbocycles. The quantitative estimate of drug-likeness (QED) is 0.735. The van der Waals surface area contributed by atoms with Gasteiger partial charge in [-0.3, -0.25) is 0 Å². The zero-order chi connectivity index (χ0) is 11.5. The van der Waals surface area contributed by atoms with Crippen LogP contribution in [-0.4, -0.2) is 23.8 Å². The molecule has 0 aromatic rings. The van der Waals surface area contributed by atoms with Gasteiger partial charge in [-0.05, 0) is 38.0 Å². The Bertz CT molecular complexity index is 193. The zero-order valence-corrected chi connectivity index (χ0v) is 10.8. The summed E-state index contributed by atoms with van der Waals surface area (Å²) in [6.07, 6.45) is 5.57. The molecule has 2 nitrogen and oxygen atoms in total. The van der Waals surface area contributed by atoms with E-state index in [1.165, 1.54) is 25.7 Å². The summed E-state index contributed by atoms with van der Waals surface area (Å²) in [5.74, 6) is 0.861. The van der Waals surface area contributed by atoms with Crippen molar-refractivity contribution in [2.24, 2.45) is 11.3 Å². The van der Waals surface area contributed by atoms with Crippen LogP contribution in [0.15, 0.2) is 0 Å². The molecule has 15 heavy (non-hydrogen) atoms. The number of aliphatic hydroxyl groups is 1. The van der Waals surface area contributed by atoms with Crippen LogP contribution in [0, 0.1) is 11.3 Å². The number of nitrogens with one attached hydrogen (secondary N) is 1. The first-order chi connectivity index (χ1) is 6.87. The Labute approximate surface area is 94.5 Å². The van der Waals surface area contributed by atoms with Gasteiger partial charge >= 0.3 is 0 Å². The highest BCUT2D eigenvalue weighted by Gasteiger charge is 2.32. The maximum Gasteiger partial charge on any atom is 0.0607 e. The van der Waals surface area contributed by atoms with Gasteiger partial charge in [-0.2, -0.15) is 0 Å². The van der Waals surface area contributed by atoms with Crippen LogP contribution in [0.3, 0.4) is 0 Å². The average Bonchev–Trinajstić information content (AvgIpc) is 2.69. The van der Waals surface area contributed by atoms with Crippen molar-refractivity contribution in [1.82, 2.24) is 5.32 Å². The van der Waals surface area contributed by atoms with Gasteiger partial charge in [0.15, 0.2) is 0 Å². The molecule has 0 amide bonds. The molecule has 0 aliphatic heterocycles. The molecule has 1 rings (SSSR count). The molecular formula is C13H27NO. The van der Waals surface area contributed by atoms with Gasteiger partial charge in [-0.1, -0.05) is 26.7 Å². The van der Waals surface area contributed by atoms with Crippen LogP contribution in [0.4, 0.5) is 0 Å². The highest BCUT2D eigenvalue weighted by atomic mass is 16.3. The van der Waals surface area contributed by atoms with Gasteiger partial charge < -0.3 is 10.4 Å². The Kier molecular flexibility index (Phi) is 4.19. The van der Waals surface area contributed by atoms with Crippen molar-refractivity contribution in [2.75, 3.05) is 13.2 Å². The largest absolute Gasteiger partial charge is 0.394 e. The Morgan fingerprint density at radius 1 is 1.13 bits per heavy atom. The minimum Gasteiger partial charge on any atom is -0.394 e. The van der Waals surface area contributed by atoms with Crippen LogP contribution in [0.2, 0.25) is 0 Å². The van der Waals surface area contributed by atoms with E-state index < -0.39 is 0 Å². The van der Waals surface area contributed by atoms with E-state index in [1.54, 1.807) is 0 Å². The fourth-order valence-corrected chi connectivity index (χ4v) is 2.37. The van der Waals surface area contributed by atoms with Gasteiger partial charge in [0.25, 0.3) is 0 Å². The first-order valence-electron chi connectivity index (χ1n) is 6.23. The molecule has 0 atom stereocenters. The van der Waals surface area contributed by atoms with E-state index in [0.29, 0.717) is 5.41 Å². The van der Waals surface area contributed by atoms with Crippen LogP contribution >= 0.6 is 0 Å². The summed E-state index contributed by atoms with van der Waals surface area (Å²) in [5, 5.41) is 12.7. The lowest BCUT2D eigenvalue weighted by molar-refractivity contribution is 0.144. The van der Waals surface area contributed by atoms with E-state index in [2.05, 4.69) is 33.0 Å². The van der Waals surface area contributed by atoms with Gasteiger partial charge in [0.1, 0.15) is 0 Å². The van der Waals surface area contributed by atoms with Gasteiger partial charge in [-0.15, -0.1) is 0 Å². The third kappa shape index (κ3) is 3.76. The molecule has 2 heteroatoms. The Balaban J connectivity index is 2.41. The first kappa shape index (κ1) is 13.0. The molecule has 0 saturated heterocycles. The fraction of sp³-hybridized carbons (Fsp3) is 1.00. The highest BCUT2D eigenvalue weighted by Crippen LogP contribution is 2.39. The molecule has 0 bridgehead atoms. The maximum absolute atomic E-state index is 9.19. The molecule has 0 aromatic heterocycles. The summed E-state index contributed by atoms with van der Waals surface area (Å²) in [6.45, 7) is 10.0. The van der Waals surface area contributed by atoms with Crippen LogP contribution in [0.1, 0.15) is 53.4 Å². The zero-order valence-electron chi connectivity index (χ0n) is 10.8.